The molecule has 0 aliphatic rings. The van der Waals surface area contributed by atoms with Crippen LogP contribution in [0.4, 0.5) is 5.69 Å². The van der Waals surface area contributed by atoms with Crippen molar-refractivity contribution in [2.75, 3.05) is 12.4 Å². The van der Waals surface area contributed by atoms with Gasteiger partial charge in [0.1, 0.15) is 22.7 Å². The third-order valence-corrected chi connectivity index (χ3v) is 5.05. The number of fused-ring (bicyclic) bond motifs is 3. The number of nitrogens with one attached hydrogen (secondary N) is 1. The minimum Gasteiger partial charge on any atom is -0.495 e. The maximum absolute atomic E-state index is 12.7. The highest BCUT2D eigenvalue weighted by molar-refractivity contribution is 6.35. The molecule has 0 saturated heterocycles. The molecule has 7 heteroatoms. The smallest absolute Gasteiger partial charge is 0.265 e. The molecular weight excluding hydrogens is 413 g/mol. The predicted molar refractivity (Wildman–Crippen MR) is 115 cm³/mol. The van der Waals surface area contributed by atoms with Crippen molar-refractivity contribution in [1.29, 1.82) is 0 Å². The normalized spacial score (nSPS) is 12.1. The molecule has 0 saturated carbocycles. The third kappa shape index (κ3) is 3.84. The van der Waals surface area contributed by atoms with Gasteiger partial charge in [0.2, 0.25) is 0 Å². The summed E-state index contributed by atoms with van der Waals surface area (Å²) in [7, 11) is 1.55. The van der Waals surface area contributed by atoms with Crippen LogP contribution < -0.4 is 14.8 Å². The number of benzene rings is 3. The molecule has 1 aromatic heterocycles. The van der Waals surface area contributed by atoms with Crippen LogP contribution in [-0.2, 0) is 4.79 Å². The van der Waals surface area contributed by atoms with Gasteiger partial charge in [-0.2, -0.15) is 0 Å². The second kappa shape index (κ2) is 7.85. The molecule has 1 amide bonds. The number of halogens is 2. The maximum atomic E-state index is 12.7. The van der Waals surface area contributed by atoms with E-state index >= 15 is 0 Å². The van der Waals surface area contributed by atoms with Crippen molar-refractivity contribution in [3.8, 4) is 11.5 Å². The Labute approximate surface area is 177 Å². The topological polar surface area (TPSA) is 60.7 Å². The summed E-state index contributed by atoms with van der Waals surface area (Å²) in [5, 5.41) is 5.54. The number of furan rings is 1. The fraction of sp³-hybridized carbons (Fsp3) is 0.136. The summed E-state index contributed by atoms with van der Waals surface area (Å²) in [6.45, 7) is 1.63. The molecule has 4 rings (SSSR count). The zero-order chi connectivity index (χ0) is 20.5. The van der Waals surface area contributed by atoms with E-state index in [0.29, 0.717) is 32.8 Å². The van der Waals surface area contributed by atoms with Crippen molar-refractivity contribution in [2.45, 2.75) is 13.0 Å². The number of amides is 1. The Morgan fingerprint density at radius 2 is 1.79 bits per heavy atom. The molecule has 148 valence electrons. The van der Waals surface area contributed by atoms with Gasteiger partial charge in [-0.1, -0.05) is 41.4 Å². The lowest BCUT2D eigenvalue weighted by Gasteiger charge is -2.17. The number of anilines is 1. The van der Waals surface area contributed by atoms with E-state index in [1.165, 1.54) is 0 Å². The Kier molecular flexibility index (Phi) is 5.26. The van der Waals surface area contributed by atoms with Crippen LogP contribution in [0.5, 0.6) is 11.5 Å². The lowest BCUT2D eigenvalue weighted by atomic mass is 10.1. The van der Waals surface area contributed by atoms with Gasteiger partial charge >= 0.3 is 0 Å². The quantitative estimate of drug-likeness (QED) is 0.403. The Bertz CT molecular complexity index is 1220. The maximum Gasteiger partial charge on any atom is 0.265 e. The van der Waals surface area contributed by atoms with Gasteiger partial charge < -0.3 is 19.2 Å². The van der Waals surface area contributed by atoms with Crippen LogP contribution in [-0.4, -0.2) is 19.1 Å². The SMILES string of the molecule is COc1cc2c(cc1NC(=O)[C@H](C)Oc1ccc(Cl)cc1Cl)oc1ccccc12. The summed E-state index contributed by atoms with van der Waals surface area (Å²) in [6.07, 6.45) is -0.801. The number of para-hydroxylation sites is 1. The van der Waals surface area contributed by atoms with E-state index < -0.39 is 6.10 Å². The number of carbonyl (C=O) groups excluding carboxylic acids is 1. The van der Waals surface area contributed by atoms with Gasteiger partial charge in [-0.15, -0.1) is 0 Å². The molecule has 0 radical (unpaired) electrons. The van der Waals surface area contributed by atoms with E-state index in [0.717, 1.165) is 16.4 Å². The lowest BCUT2D eigenvalue weighted by molar-refractivity contribution is -0.122. The van der Waals surface area contributed by atoms with E-state index in [4.69, 9.17) is 37.1 Å². The van der Waals surface area contributed by atoms with Gasteiger partial charge in [0, 0.05) is 21.9 Å². The monoisotopic (exact) mass is 429 g/mol. The summed E-state index contributed by atoms with van der Waals surface area (Å²) in [6, 6.07) is 16.1. The van der Waals surface area contributed by atoms with Crippen molar-refractivity contribution in [3.05, 3.63) is 64.6 Å². The van der Waals surface area contributed by atoms with E-state index in [9.17, 15) is 4.79 Å². The van der Waals surface area contributed by atoms with Crippen LogP contribution >= 0.6 is 23.2 Å². The molecule has 0 aliphatic carbocycles. The van der Waals surface area contributed by atoms with Crippen LogP contribution in [0.2, 0.25) is 10.0 Å². The molecule has 1 atom stereocenters. The first kappa shape index (κ1) is 19.4. The Balaban J connectivity index is 1.60. The molecule has 29 heavy (non-hydrogen) atoms. The summed E-state index contributed by atoms with van der Waals surface area (Å²) in [5.41, 5.74) is 1.90. The van der Waals surface area contributed by atoms with Gasteiger partial charge in [-0.05, 0) is 37.3 Å². The van der Waals surface area contributed by atoms with Crippen molar-refractivity contribution < 1.29 is 18.7 Å². The second-order valence-corrected chi connectivity index (χ2v) is 7.31. The molecule has 0 fully saturated rings. The highest BCUT2D eigenvalue weighted by Crippen LogP contribution is 2.36. The van der Waals surface area contributed by atoms with Crippen LogP contribution in [0.1, 0.15) is 6.92 Å². The van der Waals surface area contributed by atoms with Crippen LogP contribution in [0.3, 0.4) is 0 Å². The molecule has 1 N–H and O–H groups in total. The zero-order valence-electron chi connectivity index (χ0n) is 15.7. The van der Waals surface area contributed by atoms with Crippen LogP contribution in [0, 0.1) is 0 Å². The number of rotatable bonds is 5. The molecule has 5 nitrogen and oxygen atoms in total. The first-order chi connectivity index (χ1) is 14.0. The van der Waals surface area contributed by atoms with E-state index in [2.05, 4.69) is 5.32 Å². The molecule has 0 spiro atoms. The van der Waals surface area contributed by atoms with Crippen molar-refractivity contribution in [2.24, 2.45) is 0 Å². The fourth-order valence-electron chi connectivity index (χ4n) is 3.07. The Morgan fingerprint density at radius 1 is 1.00 bits per heavy atom. The van der Waals surface area contributed by atoms with E-state index in [1.807, 2.05) is 30.3 Å². The lowest BCUT2D eigenvalue weighted by Crippen LogP contribution is -2.30. The molecule has 0 unspecified atom stereocenters. The molecule has 3 aromatic carbocycles. The summed E-state index contributed by atoms with van der Waals surface area (Å²) in [5.74, 6) is 0.539. The second-order valence-electron chi connectivity index (χ2n) is 6.47. The minimum atomic E-state index is -0.801. The minimum absolute atomic E-state index is 0.332. The van der Waals surface area contributed by atoms with Gasteiger partial charge in [0.25, 0.3) is 5.91 Å². The van der Waals surface area contributed by atoms with Gasteiger partial charge in [-0.3, -0.25) is 4.79 Å². The number of carbonyl (C=O) groups is 1. The summed E-state index contributed by atoms with van der Waals surface area (Å²) < 4.78 is 17.0. The molecule has 0 aliphatic heterocycles. The van der Waals surface area contributed by atoms with E-state index in [1.54, 1.807) is 38.3 Å². The average molecular weight is 430 g/mol. The average Bonchev–Trinajstić information content (AvgIpc) is 3.06. The molecule has 0 bridgehead atoms. The first-order valence-corrected chi connectivity index (χ1v) is 9.63. The van der Waals surface area contributed by atoms with E-state index in [-0.39, 0.29) is 5.91 Å². The molecule has 4 aromatic rings. The largest absolute Gasteiger partial charge is 0.495 e. The highest BCUT2D eigenvalue weighted by atomic mass is 35.5. The number of methoxy groups -OCH3 is 1. The summed E-state index contributed by atoms with van der Waals surface area (Å²) in [4.78, 5) is 12.7. The van der Waals surface area contributed by atoms with Gasteiger partial charge in [-0.25, -0.2) is 0 Å². The van der Waals surface area contributed by atoms with Crippen molar-refractivity contribution >= 4 is 56.7 Å². The van der Waals surface area contributed by atoms with Gasteiger partial charge in [0.05, 0.1) is 17.8 Å². The van der Waals surface area contributed by atoms with Gasteiger partial charge in [0.15, 0.2) is 6.10 Å². The number of hydrogen-bond donors (Lipinski definition) is 1. The van der Waals surface area contributed by atoms with Crippen LogP contribution in [0.15, 0.2) is 59.0 Å². The van der Waals surface area contributed by atoms with Crippen molar-refractivity contribution in [3.63, 3.8) is 0 Å². The van der Waals surface area contributed by atoms with Crippen molar-refractivity contribution in [1.82, 2.24) is 0 Å². The zero-order valence-corrected chi connectivity index (χ0v) is 17.2. The molecular formula is C22H17Cl2NO4. The standard InChI is InChI=1S/C22H17Cl2NO4/c1-12(28-19-8-7-13(23)9-16(19)24)22(26)25-17-11-20-15(10-21(17)27-2)14-5-3-4-6-18(14)29-20/h3-12H,1-2H3,(H,25,26)/t12-/m0/s1. The number of hydrogen-bond acceptors (Lipinski definition) is 4. The Morgan fingerprint density at radius 3 is 2.55 bits per heavy atom. The summed E-state index contributed by atoms with van der Waals surface area (Å²) >= 11 is 12.0. The van der Waals surface area contributed by atoms with Crippen LogP contribution in [0.25, 0.3) is 21.9 Å². The highest BCUT2D eigenvalue weighted by Gasteiger charge is 2.20. The molecule has 1 heterocycles. The fourth-order valence-corrected chi connectivity index (χ4v) is 3.52. The predicted octanol–water partition coefficient (Wildman–Crippen LogP) is 6.31. The Hall–Kier alpha value is -2.89. The third-order valence-electron chi connectivity index (χ3n) is 4.52. The number of ether oxygens (including phenoxy) is 2. The first-order valence-electron chi connectivity index (χ1n) is 8.88.